The number of fused-ring (bicyclic) bond motifs is 1. The van der Waals surface area contributed by atoms with Crippen LogP contribution in [0.4, 0.5) is 0 Å². The number of hydrogen-bond donors (Lipinski definition) is 1. The highest BCUT2D eigenvalue weighted by Crippen LogP contribution is 2.49. The first kappa shape index (κ1) is 16.7. The molecule has 2 heteroatoms. The standard InChI is InChI=1S/C23H29NO/c25-22-11-6-10-20(17-22)23-13-5-4-9-21(23)18-24(16-14-23)15-12-19-7-2-1-3-8-19/h1-3,6-8,10-11,17,21,25H,4-5,9,12-16,18H2/t21-,23?/m0/s1. The fourth-order valence-electron chi connectivity index (χ4n) is 5.14. The van der Waals surface area contributed by atoms with Crippen molar-refractivity contribution in [3.8, 4) is 5.75 Å². The van der Waals surface area contributed by atoms with Crippen molar-refractivity contribution >= 4 is 0 Å². The second-order valence-electron chi connectivity index (χ2n) is 7.94. The maximum absolute atomic E-state index is 9.98. The van der Waals surface area contributed by atoms with Gasteiger partial charge in [-0.25, -0.2) is 0 Å². The Balaban J connectivity index is 1.48. The zero-order valence-electron chi connectivity index (χ0n) is 15.0. The van der Waals surface area contributed by atoms with Crippen LogP contribution in [0.15, 0.2) is 54.6 Å². The molecule has 1 unspecified atom stereocenters. The third kappa shape index (κ3) is 3.46. The molecule has 2 atom stereocenters. The van der Waals surface area contributed by atoms with Gasteiger partial charge >= 0.3 is 0 Å². The van der Waals surface area contributed by atoms with Gasteiger partial charge in [-0.2, -0.15) is 0 Å². The van der Waals surface area contributed by atoms with Gasteiger partial charge in [0.2, 0.25) is 0 Å². The van der Waals surface area contributed by atoms with E-state index in [-0.39, 0.29) is 0 Å². The van der Waals surface area contributed by atoms with Crippen molar-refractivity contribution in [3.63, 3.8) is 0 Å². The second-order valence-corrected chi connectivity index (χ2v) is 7.94. The van der Waals surface area contributed by atoms with Gasteiger partial charge in [-0.05, 0) is 61.4 Å². The maximum Gasteiger partial charge on any atom is 0.115 e. The fourth-order valence-corrected chi connectivity index (χ4v) is 5.14. The topological polar surface area (TPSA) is 23.5 Å². The van der Waals surface area contributed by atoms with E-state index in [1.807, 2.05) is 12.1 Å². The lowest BCUT2D eigenvalue weighted by molar-refractivity contribution is 0.0568. The predicted octanol–water partition coefficient (Wildman–Crippen LogP) is 4.77. The van der Waals surface area contributed by atoms with E-state index in [0.29, 0.717) is 11.2 Å². The summed E-state index contributed by atoms with van der Waals surface area (Å²) in [6.07, 6.45) is 7.68. The summed E-state index contributed by atoms with van der Waals surface area (Å²) < 4.78 is 0. The van der Waals surface area contributed by atoms with Crippen LogP contribution < -0.4 is 0 Å². The van der Waals surface area contributed by atoms with Crippen LogP contribution in [0.1, 0.15) is 43.2 Å². The average molecular weight is 335 g/mol. The summed E-state index contributed by atoms with van der Waals surface area (Å²) in [6.45, 7) is 3.55. The van der Waals surface area contributed by atoms with Gasteiger partial charge in [0.1, 0.15) is 5.75 Å². The number of benzene rings is 2. The zero-order valence-corrected chi connectivity index (χ0v) is 15.0. The summed E-state index contributed by atoms with van der Waals surface area (Å²) in [6, 6.07) is 18.9. The predicted molar refractivity (Wildman–Crippen MR) is 103 cm³/mol. The summed E-state index contributed by atoms with van der Waals surface area (Å²) in [5.74, 6) is 1.15. The van der Waals surface area contributed by atoms with Crippen LogP contribution in [0, 0.1) is 5.92 Å². The molecule has 1 aliphatic carbocycles. The molecular formula is C23H29NO. The maximum atomic E-state index is 9.98. The van der Waals surface area contributed by atoms with Gasteiger partial charge in [-0.1, -0.05) is 55.3 Å². The third-order valence-electron chi connectivity index (χ3n) is 6.54. The minimum absolute atomic E-state index is 0.292. The molecule has 1 saturated carbocycles. The Labute approximate surface area is 151 Å². The van der Waals surface area contributed by atoms with Gasteiger partial charge in [0.15, 0.2) is 0 Å². The van der Waals surface area contributed by atoms with Crippen LogP contribution in [0.25, 0.3) is 0 Å². The summed E-state index contributed by atoms with van der Waals surface area (Å²) in [4.78, 5) is 2.67. The minimum Gasteiger partial charge on any atom is -0.508 e. The lowest BCUT2D eigenvalue weighted by Crippen LogP contribution is -2.51. The molecule has 1 heterocycles. The Morgan fingerprint density at radius 1 is 1.00 bits per heavy atom. The van der Waals surface area contributed by atoms with E-state index in [4.69, 9.17) is 0 Å². The first-order valence-electron chi connectivity index (χ1n) is 9.82. The van der Waals surface area contributed by atoms with Crippen molar-refractivity contribution in [2.75, 3.05) is 19.6 Å². The first-order chi connectivity index (χ1) is 12.3. The van der Waals surface area contributed by atoms with Crippen molar-refractivity contribution in [1.29, 1.82) is 0 Å². The molecule has 2 fully saturated rings. The van der Waals surface area contributed by atoms with Crippen molar-refractivity contribution in [2.45, 2.75) is 43.9 Å². The van der Waals surface area contributed by atoms with Crippen LogP contribution in [0.3, 0.4) is 0 Å². The lowest BCUT2D eigenvalue weighted by Gasteiger charge is -2.51. The molecule has 0 amide bonds. The van der Waals surface area contributed by atoms with Crippen LogP contribution in [0.5, 0.6) is 5.75 Å². The van der Waals surface area contributed by atoms with Crippen LogP contribution in [0.2, 0.25) is 0 Å². The van der Waals surface area contributed by atoms with Crippen LogP contribution in [-0.2, 0) is 11.8 Å². The number of aromatic hydroxyl groups is 1. The average Bonchev–Trinajstić information content (AvgIpc) is 2.67. The molecule has 2 aromatic rings. The van der Waals surface area contributed by atoms with Gasteiger partial charge < -0.3 is 10.0 Å². The quantitative estimate of drug-likeness (QED) is 0.870. The Kier molecular flexibility index (Phi) is 4.80. The number of rotatable bonds is 4. The van der Waals surface area contributed by atoms with Crippen LogP contribution >= 0.6 is 0 Å². The molecule has 2 aliphatic rings. The number of likely N-dealkylation sites (tertiary alicyclic amines) is 1. The van der Waals surface area contributed by atoms with E-state index in [0.717, 1.165) is 18.9 Å². The Morgan fingerprint density at radius 2 is 1.88 bits per heavy atom. The molecule has 1 N–H and O–H groups in total. The zero-order chi connectivity index (χ0) is 17.1. The van der Waals surface area contributed by atoms with Gasteiger partial charge in [-0.15, -0.1) is 0 Å². The summed E-state index contributed by atoms with van der Waals surface area (Å²) in [5, 5.41) is 9.98. The molecule has 1 aliphatic heterocycles. The molecule has 4 rings (SSSR count). The van der Waals surface area contributed by atoms with E-state index >= 15 is 0 Å². The lowest BCUT2D eigenvalue weighted by atomic mass is 9.59. The van der Waals surface area contributed by atoms with E-state index < -0.39 is 0 Å². The third-order valence-corrected chi connectivity index (χ3v) is 6.54. The minimum atomic E-state index is 0.292. The van der Waals surface area contributed by atoms with Gasteiger partial charge in [0.25, 0.3) is 0 Å². The monoisotopic (exact) mass is 335 g/mol. The van der Waals surface area contributed by atoms with Gasteiger partial charge in [0.05, 0.1) is 0 Å². The molecule has 0 spiro atoms. The molecule has 0 aromatic heterocycles. The highest BCUT2D eigenvalue weighted by molar-refractivity contribution is 5.35. The van der Waals surface area contributed by atoms with Crippen molar-refractivity contribution in [1.82, 2.24) is 4.90 Å². The molecule has 2 aromatic carbocycles. The van der Waals surface area contributed by atoms with Crippen molar-refractivity contribution in [2.24, 2.45) is 5.92 Å². The van der Waals surface area contributed by atoms with E-state index in [1.165, 1.54) is 56.3 Å². The normalized spacial score (nSPS) is 27.0. The Hall–Kier alpha value is -1.80. The Bertz CT molecular complexity index is 698. The number of nitrogens with zero attached hydrogens (tertiary/aromatic N) is 1. The van der Waals surface area contributed by atoms with E-state index in [1.54, 1.807) is 6.07 Å². The van der Waals surface area contributed by atoms with E-state index in [9.17, 15) is 5.11 Å². The number of hydrogen-bond acceptors (Lipinski definition) is 2. The van der Waals surface area contributed by atoms with Gasteiger partial charge in [0, 0.05) is 18.5 Å². The fraction of sp³-hybridized carbons (Fsp3) is 0.478. The highest BCUT2D eigenvalue weighted by Gasteiger charge is 2.45. The number of phenolic OH excluding ortho intramolecular Hbond substituents is 1. The smallest absolute Gasteiger partial charge is 0.115 e. The Morgan fingerprint density at radius 3 is 2.72 bits per heavy atom. The molecule has 0 radical (unpaired) electrons. The largest absolute Gasteiger partial charge is 0.508 e. The van der Waals surface area contributed by atoms with E-state index in [2.05, 4.69) is 41.3 Å². The summed E-state index contributed by atoms with van der Waals surface area (Å²) in [7, 11) is 0. The molecule has 0 bridgehead atoms. The molecule has 25 heavy (non-hydrogen) atoms. The first-order valence-corrected chi connectivity index (χ1v) is 9.82. The SMILES string of the molecule is Oc1cccc(C23CCCC[C@H]2CN(CCc2ccccc2)CC3)c1. The van der Waals surface area contributed by atoms with Crippen LogP contribution in [-0.4, -0.2) is 29.6 Å². The molecule has 2 nitrogen and oxygen atoms in total. The summed E-state index contributed by atoms with van der Waals surface area (Å²) in [5.41, 5.74) is 3.11. The van der Waals surface area contributed by atoms with Crippen molar-refractivity contribution in [3.05, 3.63) is 65.7 Å². The molecule has 132 valence electrons. The number of piperidine rings is 1. The highest BCUT2D eigenvalue weighted by atomic mass is 16.3. The second kappa shape index (κ2) is 7.21. The molecule has 1 saturated heterocycles. The summed E-state index contributed by atoms with van der Waals surface area (Å²) >= 11 is 0. The van der Waals surface area contributed by atoms with Gasteiger partial charge in [-0.3, -0.25) is 0 Å². The number of phenols is 1. The molecular weight excluding hydrogens is 306 g/mol. The van der Waals surface area contributed by atoms with Crippen molar-refractivity contribution < 1.29 is 5.11 Å².